The van der Waals surface area contributed by atoms with E-state index in [1.54, 1.807) is 13.0 Å². The molecule has 1 aromatic rings. The lowest BCUT2D eigenvalue weighted by molar-refractivity contribution is 0.439. The van der Waals surface area contributed by atoms with Crippen LogP contribution in [0.5, 0.6) is 0 Å². The monoisotopic (exact) mass is 296 g/mol. The second kappa shape index (κ2) is 7.22. The Morgan fingerprint density at radius 2 is 2.20 bits per heavy atom. The minimum absolute atomic E-state index is 0.132. The number of sulfonamides is 1. The van der Waals surface area contributed by atoms with E-state index in [-0.39, 0.29) is 17.4 Å². The van der Waals surface area contributed by atoms with Crippen LogP contribution in [0.4, 0.5) is 5.82 Å². The van der Waals surface area contributed by atoms with E-state index < -0.39 is 10.0 Å². The lowest BCUT2D eigenvalue weighted by Gasteiger charge is -2.18. The Bertz CT molecular complexity index is 563. The summed E-state index contributed by atoms with van der Waals surface area (Å²) in [4.78, 5) is 4.21. The third kappa shape index (κ3) is 4.18. The lowest BCUT2D eigenvalue weighted by atomic mass is 10.2. The molecular weight excluding hydrogens is 276 g/mol. The van der Waals surface area contributed by atoms with Gasteiger partial charge in [0.25, 0.3) is 0 Å². The standard InChI is InChI=1S/C13H20N4O2S/c1-4-7-15-13-6-5-12(9-16-13)20(18,19)17(3)10-11(2)8-14/h5-6,9,11H,4,7,10H2,1-3H3,(H,15,16). The highest BCUT2D eigenvalue weighted by Gasteiger charge is 2.22. The molecule has 7 heteroatoms. The van der Waals surface area contributed by atoms with Crippen molar-refractivity contribution in [3.05, 3.63) is 18.3 Å². The van der Waals surface area contributed by atoms with Gasteiger partial charge in [-0.25, -0.2) is 13.4 Å². The lowest BCUT2D eigenvalue weighted by Crippen LogP contribution is -2.30. The first kappa shape index (κ1) is 16.4. The van der Waals surface area contributed by atoms with Crippen molar-refractivity contribution in [2.75, 3.05) is 25.5 Å². The minimum atomic E-state index is -3.59. The minimum Gasteiger partial charge on any atom is -0.370 e. The summed E-state index contributed by atoms with van der Waals surface area (Å²) in [6.07, 6.45) is 2.30. The first-order chi connectivity index (χ1) is 9.41. The Morgan fingerprint density at radius 1 is 1.50 bits per heavy atom. The molecular formula is C13H20N4O2S. The van der Waals surface area contributed by atoms with Gasteiger partial charge in [-0.3, -0.25) is 0 Å². The number of nitrogens with zero attached hydrogens (tertiary/aromatic N) is 3. The van der Waals surface area contributed by atoms with Crippen LogP contribution in [0.3, 0.4) is 0 Å². The van der Waals surface area contributed by atoms with Crippen LogP contribution in [0.2, 0.25) is 0 Å². The highest BCUT2D eigenvalue weighted by molar-refractivity contribution is 7.89. The van der Waals surface area contributed by atoms with E-state index in [1.165, 1.54) is 23.6 Å². The zero-order chi connectivity index (χ0) is 15.2. The fourth-order valence-electron chi connectivity index (χ4n) is 1.60. The van der Waals surface area contributed by atoms with Crippen molar-refractivity contribution in [1.82, 2.24) is 9.29 Å². The van der Waals surface area contributed by atoms with Crippen LogP contribution in [0.25, 0.3) is 0 Å². The van der Waals surface area contributed by atoms with Crippen molar-refractivity contribution in [3.63, 3.8) is 0 Å². The molecule has 1 atom stereocenters. The topological polar surface area (TPSA) is 86.1 Å². The van der Waals surface area contributed by atoms with Crippen LogP contribution >= 0.6 is 0 Å². The molecule has 1 N–H and O–H groups in total. The maximum absolute atomic E-state index is 12.3. The van der Waals surface area contributed by atoms with Gasteiger partial charge in [-0.15, -0.1) is 0 Å². The quantitative estimate of drug-likeness (QED) is 0.827. The van der Waals surface area contributed by atoms with Crippen molar-refractivity contribution in [2.45, 2.75) is 25.2 Å². The molecule has 1 heterocycles. The molecule has 1 rings (SSSR count). The SMILES string of the molecule is CCCNc1ccc(S(=O)(=O)N(C)CC(C)C#N)cn1. The predicted octanol–water partition coefficient (Wildman–Crippen LogP) is 1.68. The molecule has 6 nitrogen and oxygen atoms in total. The number of pyridine rings is 1. The Kier molecular flexibility index (Phi) is 5.92. The molecule has 0 aliphatic heterocycles. The molecule has 1 aromatic heterocycles. The van der Waals surface area contributed by atoms with Crippen molar-refractivity contribution in [3.8, 4) is 6.07 Å². The molecule has 0 bridgehead atoms. The summed E-state index contributed by atoms with van der Waals surface area (Å²) < 4.78 is 25.7. The molecule has 1 unspecified atom stereocenters. The van der Waals surface area contributed by atoms with Crippen LogP contribution in [0.15, 0.2) is 23.2 Å². The molecule has 0 aliphatic carbocycles. The summed E-state index contributed by atoms with van der Waals surface area (Å²) in [5, 5.41) is 11.8. The average Bonchev–Trinajstić information content (AvgIpc) is 2.45. The largest absolute Gasteiger partial charge is 0.370 e. The van der Waals surface area contributed by atoms with Gasteiger partial charge in [0.2, 0.25) is 10.0 Å². The van der Waals surface area contributed by atoms with Crippen molar-refractivity contribution >= 4 is 15.8 Å². The molecule has 0 saturated heterocycles. The first-order valence-corrected chi connectivity index (χ1v) is 7.91. The zero-order valence-corrected chi connectivity index (χ0v) is 12.8. The van der Waals surface area contributed by atoms with Crippen LogP contribution < -0.4 is 5.32 Å². The van der Waals surface area contributed by atoms with Gasteiger partial charge in [-0.05, 0) is 25.5 Å². The van der Waals surface area contributed by atoms with Gasteiger partial charge in [0.05, 0.1) is 12.0 Å². The van der Waals surface area contributed by atoms with Gasteiger partial charge in [0, 0.05) is 26.3 Å². The number of nitrogens with one attached hydrogen (secondary N) is 1. The van der Waals surface area contributed by atoms with Crippen molar-refractivity contribution < 1.29 is 8.42 Å². The highest BCUT2D eigenvalue weighted by Crippen LogP contribution is 2.16. The summed E-state index contributed by atoms with van der Waals surface area (Å²) in [5.74, 6) is 0.298. The summed E-state index contributed by atoms with van der Waals surface area (Å²) in [5.41, 5.74) is 0. The molecule has 0 aromatic carbocycles. The molecule has 0 radical (unpaired) electrons. The molecule has 0 fully saturated rings. The number of anilines is 1. The molecule has 110 valence electrons. The maximum atomic E-state index is 12.3. The van der Waals surface area contributed by atoms with E-state index in [1.807, 2.05) is 13.0 Å². The Labute approximate surface area is 120 Å². The van der Waals surface area contributed by atoms with Crippen molar-refractivity contribution in [2.24, 2.45) is 5.92 Å². The molecule has 20 heavy (non-hydrogen) atoms. The van der Waals surface area contributed by atoms with E-state index in [2.05, 4.69) is 10.3 Å². The summed E-state index contributed by atoms with van der Waals surface area (Å²) >= 11 is 0. The van der Waals surface area contributed by atoms with E-state index in [4.69, 9.17) is 5.26 Å². The average molecular weight is 296 g/mol. The van der Waals surface area contributed by atoms with Gasteiger partial charge in [-0.1, -0.05) is 6.92 Å². The predicted molar refractivity (Wildman–Crippen MR) is 77.6 cm³/mol. The fraction of sp³-hybridized carbons (Fsp3) is 0.538. The van der Waals surface area contributed by atoms with Crippen LogP contribution in [0.1, 0.15) is 20.3 Å². The normalized spacial score (nSPS) is 12.9. The second-order valence-corrected chi connectivity index (χ2v) is 6.67. The highest BCUT2D eigenvalue weighted by atomic mass is 32.2. The number of nitriles is 1. The van der Waals surface area contributed by atoms with E-state index in [0.717, 1.165) is 13.0 Å². The smallest absolute Gasteiger partial charge is 0.244 e. The molecule has 0 saturated carbocycles. The number of hydrogen-bond acceptors (Lipinski definition) is 5. The third-order valence-corrected chi connectivity index (χ3v) is 4.56. The Morgan fingerprint density at radius 3 is 2.70 bits per heavy atom. The van der Waals surface area contributed by atoms with Crippen LogP contribution in [-0.2, 0) is 10.0 Å². The van der Waals surface area contributed by atoms with E-state index >= 15 is 0 Å². The van der Waals surface area contributed by atoms with E-state index in [0.29, 0.717) is 5.82 Å². The van der Waals surface area contributed by atoms with E-state index in [9.17, 15) is 8.42 Å². The van der Waals surface area contributed by atoms with Gasteiger partial charge in [0.15, 0.2) is 0 Å². The number of rotatable bonds is 7. The molecule has 0 aliphatic rings. The van der Waals surface area contributed by atoms with Gasteiger partial charge in [0.1, 0.15) is 10.7 Å². The van der Waals surface area contributed by atoms with Gasteiger partial charge < -0.3 is 5.32 Å². The number of hydrogen-bond donors (Lipinski definition) is 1. The fourth-order valence-corrected chi connectivity index (χ4v) is 2.80. The van der Waals surface area contributed by atoms with Crippen LogP contribution in [0, 0.1) is 17.2 Å². The molecule has 0 amide bonds. The first-order valence-electron chi connectivity index (χ1n) is 6.47. The Balaban J connectivity index is 2.85. The second-order valence-electron chi connectivity index (χ2n) is 4.62. The molecule has 0 spiro atoms. The summed E-state index contributed by atoms with van der Waals surface area (Å²) in [7, 11) is -2.12. The summed E-state index contributed by atoms with van der Waals surface area (Å²) in [6, 6.07) is 5.18. The van der Waals surface area contributed by atoms with Crippen LogP contribution in [-0.4, -0.2) is 37.8 Å². The maximum Gasteiger partial charge on any atom is 0.244 e. The summed E-state index contributed by atoms with van der Waals surface area (Å²) in [6.45, 7) is 4.67. The third-order valence-electron chi connectivity index (χ3n) is 2.75. The zero-order valence-electron chi connectivity index (χ0n) is 12.0. The van der Waals surface area contributed by atoms with Gasteiger partial charge >= 0.3 is 0 Å². The Hall–Kier alpha value is -1.65. The van der Waals surface area contributed by atoms with Crippen molar-refractivity contribution in [1.29, 1.82) is 5.26 Å². The van der Waals surface area contributed by atoms with Gasteiger partial charge in [-0.2, -0.15) is 9.57 Å². The number of aromatic nitrogens is 1.